The van der Waals surface area contributed by atoms with Crippen molar-refractivity contribution in [2.24, 2.45) is 0 Å². The first-order valence-corrected chi connectivity index (χ1v) is 6.13. The average Bonchev–Trinajstić information content (AvgIpc) is 2.41. The van der Waals surface area contributed by atoms with Crippen molar-refractivity contribution in [2.45, 2.75) is 13.8 Å². The van der Waals surface area contributed by atoms with E-state index in [9.17, 15) is 4.79 Å². The monoisotopic (exact) mass is 255 g/mol. The molecule has 2 aromatic carbocycles. The first kappa shape index (κ1) is 13.1. The van der Waals surface area contributed by atoms with Crippen molar-refractivity contribution in [1.82, 2.24) is 0 Å². The number of rotatable bonds is 4. The van der Waals surface area contributed by atoms with Crippen molar-refractivity contribution >= 4 is 17.2 Å². The zero-order valence-electron chi connectivity index (χ0n) is 11.4. The van der Waals surface area contributed by atoms with Gasteiger partial charge < -0.3 is 10.1 Å². The SMILES string of the molecule is COc1ccc(Nc2ccc(C(C)=O)cc2)c(C)c1. The number of ketones is 1. The summed E-state index contributed by atoms with van der Waals surface area (Å²) in [5, 5.41) is 3.32. The summed E-state index contributed by atoms with van der Waals surface area (Å²) in [4.78, 5) is 11.2. The fraction of sp³-hybridized carbons (Fsp3) is 0.188. The number of anilines is 2. The highest BCUT2D eigenvalue weighted by Crippen LogP contribution is 2.24. The molecular formula is C16H17NO2. The zero-order chi connectivity index (χ0) is 13.8. The molecule has 0 saturated carbocycles. The summed E-state index contributed by atoms with van der Waals surface area (Å²) in [6, 6.07) is 13.3. The molecule has 98 valence electrons. The Balaban J connectivity index is 2.19. The number of Topliss-reactive ketones (excluding diaryl/α,β-unsaturated/α-hetero) is 1. The largest absolute Gasteiger partial charge is 0.497 e. The van der Waals surface area contributed by atoms with Gasteiger partial charge in [-0.2, -0.15) is 0 Å². The molecule has 0 atom stereocenters. The van der Waals surface area contributed by atoms with E-state index in [0.717, 1.165) is 28.3 Å². The van der Waals surface area contributed by atoms with Gasteiger partial charge in [0, 0.05) is 16.9 Å². The van der Waals surface area contributed by atoms with Gasteiger partial charge in [0.15, 0.2) is 5.78 Å². The Morgan fingerprint density at radius 1 is 1.11 bits per heavy atom. The second kappa shape index (κ2) is 5.57. The highest BCUT2D eigenvalue weighted by molar-refractivity contribution is 5.94. The molecule has 0 bridgehead atoms. The first-order valence-electron chi connectivity index (χ1n) is 6.13. The third-order valence-electron chi connectivity index (χ3n) is 3.00. The predicted octanol–water partition coefficient (Wildman–Crippen LogP) is 3.95. The molecular weight excluding hydrogens is 238 g/mol. The van der Waals surface area contributed by atoms with E-state index in [4.69, 9.17) is 4.74 Å². The van der Waals surface area contributed by atoms with Gasteiger partial charge in [0.2, 0.25) is 0 Å². The minimum Gasteiger partial charge on any atom is -0.497 e. The van der Waals surface area contributed by atoms with Crippen LogP contribution in [0.4, 0.5) is 11.4 Å². The molecule has 0 heterocycles. The van der Waals surface area contributed by atoms with Crippen LogP contribution >= 0.6 is 0 Å². The molecule has 0 saturated heterocycles. The molecule has 0 aromatic heterocycles. The van der Waals surface area contributed by atoms with Gasteiger partial charge in [-0.3, -0.25) is 4.79 Å². The van der Waals surface area contributed by atoms with Crippen molar-refractivity contribution in [3.63, 3.8) is 0 Å². The van der Waals surface area contributed by atoms with Crippen LogP contribution in [0, 0.1) is 6.92 Å². The molecule has 0 aliphatic rings. The summed E-state index contributed by atoms with van der Waals surface area (Å²) in [6.45, 7) is 3.59. The highest BCUT2D eigenvalue weighted by atomic mass is 16.5. The second-order valence-electron chi connectivity index (χ2n) is 4.44. The fourth-order valence-corrected chi connectivity index (χ4v) is 1.85. The van der Waals surface area contributed by atoms with Gasteiger partial charge in [0.05, 0.1) is 7.11 Å². The van der Waals surface area contributed by atoms with Crippen molar-refractivity contribution in [3.05, 3.63) is 53.6 Å². The van der Waals surface area contributed by atoms with Gasteiger partial charge >= 0.3 is 0 Å². The minimum absolute atomic E-state index is 0.0761. The molecule has 1 N–H and O–H groups in total. The Morgan fingerprint density at radius 3 is 2.32 bits per heavy atom. The lowest BCUT2D eigenvalue weighted by molar-refractivity contribution is 0.101. The molecule has 0 aliphatic carbocycles. The Kier molecular flexibility index (Phi) is 3.85. The summed E-state index contributed by atoms with van der Waals surface area (Å²) in [5.74, 6) is 0.919. The number of ether oxygens (including phenoxy) is 1. The van der Waals surface area contributed by atoms with Crippen LogP contribution in [0.25, 0.3) is 0 Å². The number of nitrogens with one attached hydrogen (secondary N) is 1. The van der Waals surface area contributed by atoms with Crippen LogP contribution in [0.15, 0.2) is 42.5 Å². The Hall–Kier alpha value is -2.29. The molecule has 0 amide bonds. The molecule has 0 unspecified atom stereocenters. The van der Waals surface area contributed by atoms with Gasteiger partial charge in [-0.25, -0.2) is 0 Å². The van der Waals surface area contributed by atoms with E-state index in [1.165, 1.54) is 0 Å². The van der Waals surface area contributed by atoms with Gasteiger partial charge in [0.25, 0.3) is 0 Å². The van der Waals surface area contributed by atoms with E-state index in [1.807, 2.05) is 49.4 Å². The number of methoxy groups -OCH3 is 1. The number of hydrogen-bond acceptors (Lipinski definition) is 3. The maximum atomic E-state index is 11.2. The van der Waals surface area contributed by atoms with E-state index in [2.05, 4.69) is 5.32 Å². The van der Waals surface area contributed by atoms with Gasteiger partial charge in [0.1, 0.15) is 5.75 Å². The van der Waals surface area contributed by atoms with Crippen LogP contribution in [0.5, 0.6) is 5.75 Å². The van der Waals surface area contributed by atoms with Crippen LogP contribution in [0.2, 0.25) is 0 Å². The van der Waals surface area contributed by atoms with Crippen LogP contribution in [-0.4, -0.2) is 12.9 Å². The number of benzene rings is 2. The standard InChI is InChI=1S/C16H17NO2/c1-11-10-15(19-3)8-9-16(11)17-14-6-4-13(5-7-14)12(2)18/h4-10,17H,1-3H3. The van der Waals surface area contributed by atoms with Crippen LogP contribution in [0.1, 0.15) is 22.8 Å². The van der Waals surface area contributed by atoms with Crippen molar-refractivity contribution in [1.29, 1.82) is 0 Å². The molecule has 2 aromatic rings. The van der Waals surface area contributed by atoms with E-state index in [0.29, 0.717) is 0 Å². The molecule has 0 aliphatic heterocycles. The quantitative estimate of drug-likeness (QED) is 0.841. The van der Waals surface area contributed by atoms with Crippen LogP contribution in [0.3, 0.4) is 0 Å². The Bertz CT molecular complexity index is 588. The third-order valence-corrected chi connectivity index (χ3v) is 3.00. The second-order valence-corrected chi connectivity index (χ2v) is 4.44. The summed E-state index contributed by atoms with van der Waals surface area (Å²) < 4.78 is 5.18. The number of aryl methyl sites for hydroxylation is 1. The maximum Gasteiger partial charge on any atom is 0.159 e. The molecule has 19 heavy (non-hydrogen) atoms. The van der Waals surface area contributed by atoms with Gasteiger partial charge in [-0.15, -0.1) is 0 Å². The van der Waals surface area contributed by atoms with E-state index >= 15 is 0 Å². The summed E-state index contributed by atoms with van der Waals surface area (Å²) in [5.41, 5.74) is 3.81. The van der Waals surface area contributed by atoms with E-state index in [1.54, 1.807) is 14.0 Å². The smallest absolute Gasteiger partial charge is 0.159 e. The van der Waals surface area contributed by atoms with Crippen molar-refractivity contribution in [3.8, 4) is 5.75 Å². The minimum atomic E-state index is 0.0761. The van der Waals surface area contributed by atoms with Crippen molar-refractivity contribution in [2.75, 3.05) is 12.4 Å². The summed E-state index contributed by atoms with van der Waals surface area (Å²) in [7, 11) is 1.66. The number of carbonyl (C=O) groups is 1. The average molecular weight is 255 g/mol. The predicted molar refractivity (Wildman–Crippen MR) is 77.5 cm³/mol. The van der Waals surface area contributed by atoms with Crippen LogP contribution in [-0.2, 0) is 0 Å². The normalized spacial score (nSPS) is 10.1. The fourth-order valence-electron chi connectivity index (χ4n) is 1.85. The number of carbonyl (C=O) groups excluding carboxylic acids is 1. The molecule has 3 heteroatoms. The number of hydrogen-bond donors (Lipinski definition) is 1. The molecule has 0 fully saturated rings. The molecule has 0 radical (unpaired) electrons. The van der Waals surface area contributed by atoms with Crippen LogP contribution < -0.4 is 10.1 Å². The van der Waals surface area contributed by atoms with Gasteiger partial charge in [-0.1, -0.05) is 0 Å². The first-order chi connectivity index (χ1) is 9.10. The lowest BCUT2D eigenvalue weighted by Crippen LogP contribution is -1.96. The Labute approximate surface area is 113 Å². The highest BCUT2D eigenvalue weighted by Gasteiger charge is 2.02. The topological polar surface area (TPSA) is 38.3 Å². The lowest BCUT2D eigenvalue weighted by Gasteiger charge is -2.11. The molecule has 0 spiro atoms. The Morgan fingerprint density at radius 2 is 1.79 bits per heavy atom. The van der Waals surface area contributed by atoms with Gasteiger partial charge in [-0.05, 0) is 61.9 Å². The zero-order valence-corrected chi connectivity index (χ0v) is 11.4. The van der Waals surface area contributed by atoms with Crippen molar-refractivity contribution < 1.29 is 9.53 Å². The maximum absolute atomic E-state index is 11.2. The molecule has 2 rings (SSSR count). The van der Waals surface area contributed by atoms with E-state index < -0.39 is 0 Å². The van der Waals surface area contributed by atoms with E-state index in [-0.39, 0.29) is 5.78 Å². The lowest BCUT2D eigenvalue weighted by atomic mass is 10.1. The molecule has 3 nitrogen and oxygen atoms in total. The third kappa shape index (κ3) is 3.13. The summed E-state index contributed by atoms with van der Waals surface area (Å²) in [6.07, 6.45) is 0. The summed E-state index contributed by atoms with van der Waals surface area (Å²) >= 11 is 0.